The number of aliphatic imine (C=N–C) groups is 1. The van der Waals surface area contributed by atoms with Gasteiger partial charge in [0.1, 0.15) is 5.76 Å². The van der Waals surface area contributed by atoms with Crippen molar-refractivity contribution in [1.82, 2.24) is 15.5 Å². The topological polar surface area (TPSA) is 99.0 Å². The summed E-state index contributed by atoms with van der Waals surface area (Å²) in [6, 6.07) is 11.4. The van der Waals surface area contributed by atoms with Crippen molar-refractivity contribution >= 4 is 45.6 Å². The Hall–Kier alpha value is -1.79. The van der Waals surface area contributed by atoms with Crippen molar-refractivity contribution in [2.24, 2.45) is 4.99 Å². The smallest absolute Gasteiger partial charge is 0.229 e. The van der Waals surface area contributed by atoms with E-state index in [9.17, 15) is 8.42 Å². The van der Waals surface area contributed by atoms with Crippen molar-refractivity contribution < 1.29 is 12.8 Å². The van der Waals surface area contributed by atoms with Crippen LogP contribution in [0.3, 0.4) is 0 Å². The van der Waals surface area contributed by atoms with Gasteiger partial charge in [0.05, 0.1) is 30.8 Å². The molecule has 3 rings (SSSR count). The van der Waals surface area contributed by atoms with Crippen molar-refractivity contribution in [1.29, 1.82) is 0 Å². The zero-order chi connectivity index (χ0) is 22.1. The second-order valence-corrected chi connectivity index (χ2v) is 9.48. The number of halogens is 1. The van der Waals surface area contributed by atoms with E-state index in [-0.39, 0.29) is 30.0 Å². The molecule has 0 aliphatic carbocycles. The maximum Gasteiger partial charge on any atom is 0.229 e. The highest BCUT2D eigenvalue weighted by atomic mass is 127. The number of rotatable bonds is 9. The van der Waals surface area contributed by atoms with E-state index >= 15 is 0 Å². The summed E-state index contributed by atoms with van der Waals surface area (Å²) >= 11 is 0. The zero-order valence-corrected chi connectivity index (χ0v) is 21.9. The van der Waals surface area contributed by atoms with Crippen molar-refractivity contribution in [3.63, 3.8) is 0 Å². The number of likely N-dealkylation sites (tertiary alicyclic amines) is 1. The van der Waals surface area contributed by atoms with Gasteiger partial charge < -0.3 is 15.1 Å². The van der Waals surface area contributed by atoms with Crippen LogP contribution in [-0.4, -0.2) is 51.7 Å². The fourth-order valence-electron chi connectivity index (χ4n) is 3.78. The number of guanidine groups is 1. The molecule has 2 heterocycles. The quantitative estimate of drug-likeness (QED) is 0.241. The lowest BCUT2D eigenvalue weighted by molar-refractivity contribution is 0.146. The monoisotopic (exact) mass is 575 g/mol. The van der Waals surface area contributed by atoms with Crippen LogP contribution in [0.15, 0.2) is 52.1 Å². The van der Waals surface area contributed by atoms with Crippen LogP contribution in [0, 0.1) is 0 Å². The average molecular weight is 576 g/mol. The second-order valence-electron chi connectivity index (χ2n) is 7.74. The summed E-state index contributed by atoms with van der Waals surface area (Å²) in [6.07, 6.45) is 6.55. The van der Waals surface area contributed by atoms with Gasteiger partial charge in [-0.3, -0.25) is 9.62 Å². The first kappa shape index (κ1) is 26.5. The Morgan fingerprint density at radius 3 is 2.53 bits per heavy atom. The Morgan fingerprint density at radius 2 is 1.88 bits per heavy atom. The molecule has 32 heavy (non-hydrogen) atoms. The third-order valence-electron chi connectivity index (χ3n) is 5.23. The fraction of sp³-hybridized carbons (Fsp3) is 0.500. The molecule has 1 aliphatic rings. The van der Waals surface area contributed by atoms with Gasteiger partial charge in [0.15, 0.2) is 5.96 Å². The molecule has 1 unspecified atom stereocenters. The van der Waals surface area contributed by atoms with Gasteiger partial charge in [-0.05, 0) is 56.6 Å². The van der Waals surface area contributed by atoms with Crippen molar-refractivity contribution in [3.05, 3.63) is 54.0 Å². The van der Waals surface area contributed by atoms with Crippen molar-refractivity contribution in [2.75, 3.05) is 37.2 Å². The third-order valence-corrected chi connectivity index (χ3v) is 5.82. The van der Waals surface area contributed by atoms with E-state index in [1.165, 1.54) is 19.3 Å². The largest absolute Gasteiger partial charge is 0.468 e. The summed E-state index contributed by atoms with van der Waals surface area (Å²) < 4.78 is 31.6. The summed E-state index contributed by atoms with van der Waals surface area (Å²) in [5.74, 6) is 1.64. The van der Waals surface area contributed by atoms with E-state index in [1.54, 1.807) is 18.4 Å². The minimum absolute atomic E-state index is 0. The highest BCUT2D eigenvalue weighted by Crippen LogP contribution is 2.24. The van der Waals surface area contributed by atoms with Gasteiger partial charge in [0.25, 0.3) is 0 Å². The number of nitrogens with one attached hydrogen (secondary N) is 3. The molecule has 1 fully saturated rings. The molecule has 2 aromatic rings. The number of hydrogen-bond donors (Lipinski definition) is 3. The van der Waals surface area contributed by atoms with Crippen LogP contribution in [0.4, 0.5) is 5.69 Å². The normalized spacial score (nSPS) is 16.1. The van der Waals surface area contributed by atoms with Crippen LogP contribution in [0.1, 0.15) is 43.6 Å². The standard InChI is InChI=1S/C22H33N5O3S.HI/c1-3-23-22(24-16-18-10-5-6-11-19(18)26-31(2,28)29)25-17-20(21-12-9-15-30-21)27-13-7-4-8-14-27;/h5-6,9-12,15,20,26H,3-4,7-8,13-14,16-17H2,1-2H3,(H2,23,24,25);1H. The van der Waals surface area contributed by atoms with Crippen LogP contribution in [-0.2, 0) is 16.6 Å². The maximum atomic E-state index is 11.6. The summed E-state index contributed by atoms with van der Waals surface area (Å²) in [4.78, 5) is 7.15. The summed E-state index contributed by atoms with van der Waals surface area (Å²) in [5.41, 5.74) is 1.36. The minimum Gasteiger partial charge on any atom is -0.468 e. The molecule has 3 N–H and O–H groups in total. The number of nitrogens with zero attached hydrogens (tertiary/aromatic N) is 2. The Morgan fingerprint density at radius 1 is 1.12 bits per heavy atom. The third kappa shape index (κ3) is 8.28. The molecule has 10 heteroatoms. The predicted molar refractivity (Wildman–Crippen MR) is 140 cm³/mol. The molecule has 0 saturated carbocycles. The van der Waals surface area contributed by atoms with E-state index < -0.39 is 10.0 Å². The van der Waals surface area contributed by atoms with Gasteiger partial charge in [-0.2, -0.15) is 0 Å². The van der Waals surface area contributed by atoms with Crippen LogP contribution >= 0.6 is 24.0 Å². The highest BCUT2D eigenvalue weighted by Gasteiger charge is 2.24. The molecule has 0 radical (unpaired) electrons. The molecular formula is C22H34IN5O3S. The first-order valence-corrected chi connectivity index (χ1v) is 12.7. The molecule has 0 bridgehead atoms. The predicted octanol–water partition coefficient (Wildman–Crippen LogP) is 3.55. The first-order valence-electron chi connectivity index (χ1n) is 10.8. The van der Waals surface area contributed by atoms with Gasteiger partial charge in [-0.1, -0.05) is 24.6 Å². The molecule has 1 atom stereocenters. The molecule has 1 aromatic heterocycles. The zero-order valence-electron chi connectivity index (χ0n) is 18.7. The van der Waals surface area contributed by atoms with Gasteiger partial charge in [-0.15, -0.1) is 24.0 Å². The van der Waals surface area contributed by atoms with Crippen molar-refractivity contribution in [3.8, 4) is 0 Å². The Bertz CT molecular complexity index is 944. The van der Waals surface area contributed by atoms with E-state index in [0.717, 1.165) is 37.2 Å². The minimum atomic E-state index is -3.35. The molecule has 0 spiro atoms. The number of benzene rings is 1. The van der Waals surface area contributed by atoms with E-state index in [0.29, 0.717) is 24.7 Å². The SMILES string of the molecule is CCNC(=NCc1ccccc1NS(C)(=O)=O)NCC(c1ccco1)N1CCCCC1.I. The number of piperidine rings is 1. The highest BCUT2D eigenvalue weighted by molar-refractivity contribution is 14.0. The summed E-state index contributed by atoms with van der Waals surface area (Å²) in [5, 5.41) is 6.72. The van der Waals surface area contributed by atoms with Crippen molar-refractivity contribution in [2.45, 2.75) is 38.8 Å². The fourth-order valence-corrected chi connectivity index (χ4v) is 4.38. The van der Waals surface area contributed by atoms with Crippen LogP contribution in [0.5, 0.6) is 0 Å². The van der Waals surface area contributed by atoms with Crippen LogP contribution in [0.25, 0.3) is 0 Å². The molecule has 1 saturated heterocycles. The molecule has 178 valence electrons. The van der Waals surface area contributed by atoms with E-state index in [2.05, 4.69) is 25.2 Å². The van der Waals surface area contributed by atoms with E-state index in [1.807, 2.05) is 31.2 Å². The molecule has 0 amide bonds. The molecule has 1 aliphatic heterocycles. The Balaban J connectivity index is 0.00000363. The molecular weight excluding hydrogens is 541 g/mol. The van der Waals surface area contributed by atoms with Gasteiger partial charge >= 0.3 is 0 Å². The number of hydrogen-bond acceptors (Lipinski definition) is 5. The maximum absolute atomic E-state index is 11.6. The molecule has 8 nitrogen and oxygen atoms in total. The first-order chi connectivity index (χ1) is 15.0. The van der Waals surface area contributed by atoms with E-state index in [4.69, 9.17) is 4.42 Å². The Labute approximate surface area is 208 Å². The lowest BCUT2D eigenvalue weighted by Crippen LogP contribution is -2.44. The number of sulfonamides is 1. The van der Waals surface area contributed by atoms with Crippen LogP contribution < -0.4 is 15.4 Å². The molecule has 1 aromatic carbocycles. The number of para-hydroxylation sites is 1. The lowest BCUT2D eigenvalue weighted by Gasteiger charge is -2.33. The Kier molecular flexibility index (Phi) is 10.8. The van der Waals surface area contributed by atoms with Gasteiger partial charge in [0.2, 0.25) is 10.0 Å². The van der Waals surface area contributed by atoms with Gasteiger partial charge in [0, 0.05) is 13.1 Å². The van der Waals surface area contributed by atoms with Gasteiger partial charge in [-0.25, -0.2) is 13.4 Å². The second kappa shape index (κ2) is 13.0. The van der Waals surface area contributed by atoms with Crippen LogP contribution in [0.2, 0.25) is 0 Å². The summed E-state index contributed by atoms with van der Waals surface area (Å²) in [6.45, 7) is 5.89. The number of anilines is 1. The lowest BCUT2D eigenvalue weighted by atomic mass is 10.1. The number of furan rings is 1. The average Bonchev–Trinajstić information content (AvgIpc) is 3.27. The summed E-state index contributed by atoms with van der Waals surface area (Å²) in [7, 11) is -3.35.